The maximum Gasteiger partial charge on any atom is 0.311 e. The number of carboxylic acids is 1. The van der Waals surface area contributed by atoms with Crippen LogP contribution >= 0.6 is 0 Å². The molecule has 1 saturated heterocycles. The Morgan fingerprint density at radius 3 is 2.86 bits per heavy atom. The Labute approximate surface area is 84.6 Å². The van der Waals surface area contributed by atoms with Gasteiger partial charge in [0.25, 0.3) is 0 Å². The second-order valence-electron chi connectivity index (χ2n) is 4.50. The highest BCUT2D eigenvalue weighted by molar-refractivity contribution is 5.73. The van der Waals surface area contributed by atoms with Crippen LogP contribution in [-0.4, -0.2) is 36.9 Å². The van der Waals surface area contributed by atoms with Crippen molar-refractivity contribution >= 4 is 5.97 Å². The molecule has 0 aromatic rings. The third-order valence-corrected chi connectivity index (χ3v) is 2.52. The standard InChI is InChI=1S/C10H19NO3/c1-10(2,9(12)13)7-14-6-8-4-3-5-11-8/h8,11H,3-7H2,1-2H3,(H,12,13). The van der Waals surface area contributed by atoms with Gasteiger partial charge >= 0.3 is 5.97 Å². The highest BCUT2D eigenvalue weighted by Crippen LogP contribution is 2.16. The number of rotatable bonds is 5. The monoisotopic (exact) mass is 201 g/mol. The van der Waals surface area contributed by atoms with Gasteiger partial charge in [-0.05, 0) is 33.2 Å². The van der Waals surface area contributed by atoms with Gasteiger partial charge in [0.2, 0.25) is 0 Å². The number of aliphatic carboxylic acids is 1. The Morgan fingerprint density at radius 1 is 1.64 bits per heavy atom. The Kier molecular flexibility index (Phi) is 3.89. The molecule has 1 aliphatic heterocycles. The Morgan fingerprint density at radius 2 is 2.36 bits per heavy atom. The highest BCUT2D eigenvalue weighted by Gasteiger charge is 2.27. The molecule has 0 saturated carbocycles. The van der Waals surface area contributed by atoms with E-state index in [4.69, 9.17) is 9.84 Å². The summed E-state index contributed by atoms with van der Waals surface area (Å²) < 4.78 is 5.40. The second-order valence-corrected chi connectivity index (χ2v) is 4.50. The van der Waals surface area contributed by atoms with E-state index in [1.54, 1.807) is 13.8 Å². The van der Waals surface area contributed by atoms with Crippen LogP contribution in [0.4, 0.5) is 0 Å². The van der Waals surface area contributed by atoms with E-state index in [0.717, 1.165) is 13.0 Å². The molecule has 1 atom stereocenters. The lowest BCUT2D eigenvalue weighted by molar-refractivity contribution is -0.150. The normalized spacial score (nSPS) is 22.6. The first-order valence-electron chi connectivity index (χ1n) is 5.07. The summed E-state index contributed by atoms with van der Waals surface area (Å²) in [6, 6.07) is 0.416. The zero-order valence-electron chi connectivity index (χ0n) is 8.88. The molecule has 82 valence electrons. The van der Waals surface area contributed by atoms with E-state index in [9.17, 15) is 4.79 Å². The van der Waals surface area contributed by atoms with Crippen LogP contribution < -0.4 is 5.32 Å². The van der Waals surface area contributed by atoms with E-state index in [1.807, 2.05) is 0 Å². The Hall–Kier alpha value is -0.610. The number of hydrogen-bond donors (Lipinski definition) is 2. The molecular formula is C10H19NO3. The summed E-state index contributed by atoms with van der Waals surface area (Å²) in [6.45, 7) is 5.31. The van der Waals surface area contributed by atoms with Gasteiger partial charge in [-0.3, -0.25) is 4.79 Å². The molecule has 1 aliphatic rings. The van der Waals surface area contributed by atoms with Crippen molar-refractivity contribution in [2.45, 2.75) is 32.7 Å². The minimum atomic E-state index is -0.808. The molecule has 14 heavy (non-hydrogen) atoms. The van der Waals surface area contributed by atoms with Crippen molar-refractivity contribution in [3.8, 4) is 0 Å². The lowest BCUT2D eigenvalue weighted by Crippen LogP contribution is -2.33. The highest BCUT2D eigenvalue weighted by atomic mass is 16.5. The van der Waals surface area contributed by atoms with E-state index in [1.165, 1.54) is 6.42 Å². The molecule has 0 aromatic heterocycles. The minimum absolute atomic E-state index is 0.278. The predicted octanol–water partition coefficient (Wildman–Crippen LogP) is 0.866. The molecule has 0 radical (unpaired) electrons. The topological polar surface area (TPSA) is 58.6 Å². The van der Waals surface area contributed by atoms with Gasteiger partial charge in [0.1, 0.15) is 0 Å². The van der Waals surface area contributed by atoms with Crippen molar-refractivity contribution in [2.24, 2.45) is 5.41 Å². The van der Waals surface area contributed by atoms with Crippen LogP contribution in [0.15, 0.2) is 0 Å². The molecule has 0 aliphatic carbocycles. The van der Waals surface area contributed by atoms with Gasteiger partial charge in [0.15, 0.2) is 0 Å². The van der Waals surface area contributed by atoms with Gasteiger partial charge in [-0.25, -0.2) is 0 Å². The molecule has 0 spiro atoms. The van der Waals surface area contributed by atoms with Crippen LogP contribution in [0.5, 0.6) is 0 Å². The third kappa shape index (κ3) is 3.27. The summed E-state index contributed by atoms with van der Waals surface area (Å²) in [6.07, 6.45) is 2.32. The average molecular weight is 201 g/mol. The fraction of sp³-hybridized carbons (Fsp3) is 0.900. The third-order valence-electron chi connectivity index (χ3n) is 2.52. The first-order valence-corrected chi connectivity index (χ1v) is 5.07. The number of ether oxygens (including phenoxy) is 1. The van der Waals surface area contributed by atoms with Crippen molar-refractivity contribution < 1.29 is 14.6 Å². The average Bonchev–Trinajstić information content (AvgIpc) is 2.56. The van der Waals surface area contributed by atoms with Crippen molar-refractivity contribution in [1.82, 2.24) is 5.32 Å². The first kappa shape index (κ1) is 11.5. The molecule has 1 fully saturated rings. The van der Waals surface area contributed by atoms with Crippen LogP contribution in [-0.2, 0) is 9.53 Å². The molecule has 1 heterocycles. The van der Waals surface area contributed by atoms with Crippen LogP contribution in [0.3, 0.4) is 0 Å². The molecule has 4 nitrogen and oxygen atoms in total. The Bertz CT molecular complexity index is 198. The maximum atomic E-state index is 10.8. The van der Waals surface area contributed by atoms with Crippen LogP contribution in [0, 0.1) is 5.41 Å². The largest absolute Gasteiger partial charge is 0.481 e. The Balaban J connectivity index is 2.16. The SMILES string of the molecule is CC(C)(COCC1CCCN1)C(=O)O. The summed E-state index contributed by atoms with van der Waals surface area (Å²) in [5.41, 5.74) is -0.779. The van der Waals surface area contributed by atoms with E-state index >= 15 is 0 Å². The number of nitrogens with one attached hydrogen (secondary N) is 1. The fourth-order valence-electron chi connectivity index (χ4n) is 1.42. The number of carboxylic acid groups (broad SMARTS) is 1. The zero-order chi connectivity index (χ0) is 10.6. The van der Waals surface area contributed by atoms with Crippen LogP contribution in [0.25, 0.3) is 0 Å². The van der Waals surface area contributed by atoms with Crippen molar-refractivity contribution in [2.75, 3.05) is 19.8 Å². The molecule has 1 rings (SSSR count). The smallest absolute Gasteiger partial charge is 0.311 e. The van der Waals surface area contributed by atoms with Gasteiger partial charge < -0.3 is 15.2 Å². The van der Waals surface area contributed by atoms with Crippen molar-refractivity contribution in [1.29, 1.82) is 0 Å². The predicted molar refractivity (Wildman–Crippen MR) is 53.3 cm³/mol. The number of hydrogen-bond acceptors (Lipinski definition) is 3. The molecule has 4 heteroatoms. The first-order chi connectivity index (χ1) is 6.52. The molecule has 0 bridgehead atoms. The fourth-order valence-corrected chi connectivity index (χ4v) is 1.42. The van der Waals surface area contributed by atoms with E-state index < -0.39 is 11.4 Å². The van der Waals surface area contributed by atoms with E-state index in [2.05, 4.69) is 5.32 Å². The summed E-state index contributed by atoms with van der Waals surface area (Å²) in [5, 5.41) is 12.1. The summed E-state index contributed by atoms with van der Waals surface area (Å²) in [7, 11) is 0. The summed E-state index contributed by atoms with van der Waals surface area (Å²) in [5.74, 6) is -0.808. The number of carbonyl (C=O) groups is 1. The van der Waals surface area contributed by atoms with Gasteiger partial charge in [-0.15, -0.1) is 0 Å². The van der Waals surface area contributed by atoms with Crippen LogP contribution in [0.1, 0.15) is 26.7 Å². The maximum absolute atomic E-state index is 10.8. The van der Waals surface area contributed by atoms with Crippen LogP contribution in [0.2, 0.25) is 0 Å². The summed E-state index contributed by atoms with van der Waals surface area (Å²) >= 11 is 0. The molecular weight excluding hydrogens is 182 g/mol. The van der Waals surface area contributed by atoms with Gasteiger partial charge in [0, 0.05) is 6.04 Å². The molecule has 2 N–H and O–H groups in total. The lowest BCUT2D eigenvalue weighted by atomic mass is 9.95. The zero-order valence-corrected chi connectivity index (χ0v) is 8.88. The van der Waals surface area contributed by atoms with E-state index in [-0.39, 0.29) is 6.61 Å². The minimum Gasteiger partial charge on any atom is -0.481 e. The lowest BCUT2D eigenvalue weighted by Gasteiger charge is -2.20. The van der Waals surface area contributed by atoms with Gasteiger partial charge in [-0.2, -0.15) is 0 Å². The van der Waals surface area contributed by atoms with Crippen molar-refractivity contribution in [3.63, 3.8) is 0 Å². The summed E-state index contributed by atoms with van der Waals surface area (Å²) in [4.78, 5) is 10.8. The quantitative estimate of drug-likeness (QED) is 0.693. The van der Waals surface area contributed by atoms with E-state index in [0.29, 0.717) is 12.6 Å². The molecule has 1 unspecified atom stereocenters. The molecule has 0 aromatic carbocycles. The second kappa shape index (κ2) is 4.75. The van der Waals surface area contributed by atoms with Gasteiger partial charge in [-0.1, -0.05) is 0 Å². The molecule has 0 amide bonds. The van der Waals surface area contributed by atoms with Gasteiger partial charge in [0.05, 0.1) is 18.6 Å². The van der Waals surface area contributed by atoms with Crippen molar-refractivity contribution in [3.05, 3.63) is 0 Å².